The smallest absolute Gasteiger partial charge is 0.0774 e. The average molecular weight is 930 g/mol. The summed E-state index contributed by atoms with van der Waals surface area (Å²) in [5, 5.41) is 5.42. The number of rotatable bonds is 6. The van der Waals surface area contributed by atoms with Gasteiger partial charge in [0.15, 0.2) is 0 Å². The zero-order valence-electron chi connectivity index (χ0n) is 33.6. The van der Waals surface area contributed by atoms with Gasteiger partial charge < -0.3 is 9.55 Å². The first-order valence-corrected chi connectivity index (χ1v) is 20.4. The summed E-state index contributed by atoms with van der Waals surface area (Å²) in [6.45, 7) is 9.26. The largest absolute Gasteiger partial charge is 0.333 e. The van der Waals surface area contributed by atoms with E-state index in [0.29, 0.717) is 11.8 Å². The van der Waals surface area contributed by atoms with E-state index in [0.717, 1.165) is 46.5 Å². The van der Waals surface area contributed by atoms with Gasteiger partial charge in [0.25, 0.3) is 0 Å². The number of aromatic nitrogens is 3. The SMILES string of the molecule is CC(C)c1cc(-c2ccccc2)cc(C(C)C)c1-n1c(-c2[c-]cc3c(c2)c2c(c4ccccc43)CCCC2)nc2ccccc21.[Ir].[c-]1ccccc1-c1ccccn1. The molecule has 1 aliphatic rings. The standard InChI is InChI=1S/C43H39N2.C11H8N.Ir/c1-27(2)37-25-31(29-14-6-5-7-15-29)26-38(28(3)4)42(37)45-41-21-13-12-20-40(41)44-43(45)30-22-23-36-34-18-9-8-16-32(34)33-17-10-11-19-35(33)39(36)24-30;1-2-6-10(7-3-1)11-8-4-5-9-12-11;/h5-9,12-16,18,20-21,23-28H,10-11,17,19H2,1-4H3;1-6,8-9H;/q2*-1;. The first-order chi connectivity index (χ1) is 28.0. The van der Waals surface area contributed by atoms with Crippen LogP contribution in [0, 0.1) is 12.1 Å². The Labute approximate surface area is 356 Å². The Kier molecular flexibility index (Phi) is 11.5. The van der Waals surface area contributed by atoms with E-state index in [2.05, 4.69) is 153 Å². The van der Waals surface area contributed by atoms with E-state index >= 15 is 0 Å². The van der Waals surface area contributed by atoms with Crippen molar-refractivity contribution in [2.45, 2.75) is 65.2 Å². The second-order valence-corrected chi connectivity index (χ2v) is 15.8. The summed E-state index contributed by atoms with van der Waals surface area (Å²) in [4.78, 5) is 9.57. The Hall–Kier alpha value is -5.67. The van der Waals surface area contributed by atoms with Crippen molar-refractivity contribution in [1.29, 1.82) is 0 Å². The van der Waals surface area contributed by atoms with Crippen LogP contribution in [0.15, 0.2) is 152 Å². The van der Waals surface area contributed by atoms with Crippen LogP contribution in [-0.4, -0.2) is 14.5 Å². The molecule has 7 aromatic carbocycles. The van der Waals surface area contributed by atoms with Crippen molar-refractivity contribution in [3.05, 3.63) is 186 Å². The number of para-hydroxylation sites is 2. The van der Waals surface area contributed by atoms with Crippen LogP contribution in [-0.2, 0) is 32.9 Å². The number of pyridine rings is 1. The van der Waals surface area contributed by atoms with Crippen LogP contribution in [0.25, 0.3) is 72.0 Å². The van der Waals surface area contributed by atoms with E-state index < -0.39 is 0 Å². The van der Waals surface area contributed by atoms with Gasteiger partial charge in [0.1, 0.15) is 0 Å². The number of imidazole rings is 1. The van der Waals surface area contributed by atoms with E-state index in [1.54, 1.807) is 6.20 Å². The fourth-order valence-electron chi connectivity index (χ4n) is 8.70. The van der Waals surface area contributed by atoms with Crippen LogP contribution in [0.2, 0.25) is 0 Å². The van der Waals surface area contributed by atoms with Crippen LogP contribution in [0.4, 0.5) is 0 Å². The third kappa shape index (κ3) is 7.44. The molecular formula is C54H47IrN3-2. The van der Waals surface area contributed by atoms with Crippen molar-refractivity contribution >= 4 is 32.6 Å². The van der Waals surface area contributed by atoms with Gasteiger partial charge in [-0.3, -0.25) is 4.98 Å². The van der Waals surface area contributed by atoms with Crippen molar-refractivity contribution in [2.75, 3.05) is 0 Å². The molecule has 0 atom stereocenters. The van der Waals surface area contributed by atoms with Crippen LogP contribution in [0.1, 0.15) is 74.6 Å². The Morgan fingerprint density at radius 1 is 0.569 bits per heavy atom. The first kappa shape index (κ1) is 39.2. The van der Waals surface area contributed by atoms with Gasteiger partial charge in [0.2, 0.25) is 0 Å². The van der Waals surface area contributed by atoms with Gasteiger partial charge in [-0.25, -0.2) is 0 Å². The van der Waals surface area contributed by atoms with Crippen LogP contribution in [0.5, 0.6) is 0 Å². The van der Waals surface area contributed by atoms with Gasteiger partial charge in [0, 0.05) is 32.0 Å². The number of hydrogen-bond donors (Lipinski definition) is 0. The van der Waals surface area contributed by atoms with Gasteiger partial charge in [0.05, 0.1) is 16.9 Å². The number of nitrogens with zero attached hydrogens (tertiary/aromatic N) is 3. The summed E-state index contributed by atoms with van der Waals surface area (Å²) in [5.41, 5.74) is 14.7. The molecule has 10 rings (SSSR count). The van der Waals surface area contributed by atoms with Crippen molar-refractivity contribution in [3.63, 3.8) is 0 Å². The van der Waals surface area contributed by atoms with E-state index in [1.165, 1.54) is 73.5 Å². The summed E-state index contributed by atoms with van der Waals surface area (Å²) in [6, 6.07) is 58.4. The van der Waals surface area contributed by atoms with Crippen molar-refractivity contribution in [3.8, 4) is 39.5 Å². The monoisotopic (exact) mass is 930 g/mol. The van der Waals surface area contributed by atoms with Crippen LogP contribution < -0.4 is 0 Å². The summed E-state index contributed by atoms with van der Waals surface area (Å²) in [6.07, 6.45) is 6.58. The molecule has 0 unspecified atom stereocenters. The van der Waals surface area contributed by atoms with Gasteiger partial charge in [-0.05, 0) is 107 Å². The number of aryl methyl sites for hydroxylation is 2. The average Bonchev–Trinajstić information content (AvgIpc) is 3.66. The van der Waals surface area contributed by atoms with Gasteiger partial charge >= 0.3 is 0 Å². The maximum absolute atomic E-state index is 5.35. The molecule has 1 aliphatic carbocycles. The molecule has 1 radical (unpaired) electrons. The Morgan fingerprint density at radius 3 is 1.91 bits per heavy atom. The Bertz CT molecular complexity index is 2770. The third-order valence-electron chi connectivity index (χ3n) is 11.5. The number of hydrogen-bond acceptors (Lipinski definition) is 2. The fourth-order valence-corrected chi connectivity index (χ4v) is 8.70. The van der Waals surface area contributed by atoms with Gasteiger partial charge in [-0.2, -0.15) is 0 Å². The molecule has 0 aliphatic heterocycles. The van der Waals surface area contributed by atoms with Gasteiger partial charge in [-0.1, -0.05) is 128 Å². The summed E-state index contributed by atoms with van der Waals surface area (Å²) in [7, 11) is 0. The second-order valence-electron chi connectivity index (χ2n) is 15.8. The quantitative estimate of drug-likeness (QED) is 0.123. The zero-order valence-corrected chi connectivity index (χ0v) is 36.0. The third-order valence-corrected chi connectivity index (χ3v) is 11.5. The zero-order chi connectivity index (χ0) is 38.9. The molecule has 2 heterocycles. The molecule has 0 spiro atoms. The molecule has 289 valence electrons. The summed E-state index contributed by atoms with van der Waals surface area (Å²) >= 11 is 0. The molecule has 0 saturated heterocycles. The summed E-state index contributed by atoms with van der Waals surface area (Å²) in [5.74, 6) is 1.62. The molecule has 2 aromatic heterocycles. The molecule has 0 bridgehead atoms. The first-order valence-electron chi connectivity index (χ1n) is 20.4. The molecule has 0 amide bonds. The van der Waals surface area contributed by atoms with E-state index in [1.807, 2.05) is 42.5 Å². The van der Waals surface area contributed by atoms with Crippen molar-refractivity contribution < 1.29 is 20.1 Å². The van der Waals surface area contributed by atoms with Crippen LogP contribution in [0.3, 0.4) is 0 Å². The fraction of sp³-hybridized carbons (Fsp3) is 0.185. The minimum absolute atomic E-state index is 0. The molecule has 4 heteroatoms. The van der Waals surface area contributed by atoms with Crippen molar-refractivity contribution in [1.82, 2.24) is 14.5 Å². The Morgan fingerprint density at radius 2 is 1.22 bits per heavy atom. The topological polar surface area (TPSA) is 30.7 Å². The number of fused-ring (bicyclic) bond motifs is 7. The van der Waals surface area contributed by atoms with Crippen LogP contribution >= 0.6 is 0 Å². The minimum Gasteiger partial charge on any atom is -0.333 e. The number of benzene rings is 7. The molecular weight excluding hydrogens is 883 g/mol. The second kappa shape index (κ2) is 17.0. The Balaban J connectivity index is 0.000000309. The molecule has 3 nitrogen and oxygen atoms in total. The predicted octanol–water partition coefficient (Wildman–Crippen LogP) is 14.1. The molecule has 0 N–H and O–H groups in total. The van der Waals surface area contributed by atoms with E-state index in [-0.39, 0.29) is 20.1 Å². The van der Waals surface area contributed by atoms with E-state index in [9.17, 15) is 0 Å². The van der Waals surface area contributed by atoms with Gasteiger partial charge in [-0.15, -0.1) is 59.7 Å². The maximum Gasteiger partial charge on any atom is 0.0774 e. The molecule has 0 saturated carbocycles. The normalized spacial score (nSPS) is 12.4. The summed E-state index contributed by atoms with van der Waals surface area (Å²) < 4.78 is 2.44. The molecule has 9 aromatic rings. The van der Waals surface area contributed by atoms with E-state index in [4.69, 9.17) is 4.98 Å². The molecule has 0 fully saturated rings. The predicted molar refractivity (Wildman–Crippen MR) is 239 cm³/mol. The maximum atomic E-state index is 5.35. The van der Waals surface area contributed by atoms with Crippen molar-refractivity contribution in [2.24, 2.45) is 0 Å². The molecule has 58 heavy (non-hydrogen) atoms. The minimum atomic E-state index is 0.